The molecule has 0 spiro atoms. The Kier molecular flexibility index (Phi) is 3.42. The molecule has 1 aromatic carbocycles. The molecule has 2 rings (SSSR count). The zero-order chi connectivity index (χ0) is 11.0. The molecule has 15 heavy (non-hydrogen) atoms. The number of hydrogen-bond acceptors (Lipinski definition) is 0. The van der Waals surface area contributed by atoms with Gasteiger partial charge in [-0.3, -0.25) is 0 Å². The fraction of sp³-hybridized carbons (Fsp3) is 0.538. The van der Waals surface area contributed by atoms with Crippen LogP contribution in [-0.4, -0.2) is 0 Å². The van der Waals surface area contributed by atoms with Crippen LogP contribution in [0, 0.1) is 19.8 Å². The summed E-state index contributed by atoms with van der Waals surface area (Å²) < 4.78 is 1.18. The van der Waals surface area contributed by atoms with E-state index in [2.05, 4.69) is 41.9 Å². The van der Waals surface area contributed by atoms with Gasteiger partial charge in [0.15, 0.2) is 0 Å². The monoisotopic (exact) mass is 286 g/mol. The third kappa shape index (κ3) is 2.76. The summed E-state index contributed by atoms with van der Waals surface area (Å²) in [5.74, 6) is 0.885. The summed E-state index contributed by atoms with van der Waals surface area (Å²) in [6.45, 7) is 4.26. The fourth-order valence-electron chi connectivity index (χ4n) is 1.91. The SMILES string of the molecule is Cc1cc(C(Cl)CC2CC2)c(C)cc1Br. The zero-order valence-electron chi connectivity index (χ0n) is 9.19. The first-order valence-corrected chi connectivity index (χ1v) is 6.71. The summed E-state index contributed by atoms with van der Waals surface area (Å²) in [5, 5.41) is 0.198. The summed E-state index contributed by atoms with van der Waals surface area (Å²) in [5.41, 5.74) is 3.88. The third-order valence-electron chi connectivity index (χ3n) is 3.12. The Morgan fingerprint density at radius 3 is 2.60 bits per heavy atom. The van der Waals surface area contributed by atoms with Crippen molar-refractivity contribution in [3.05, 3.63) is 33.3 Å². The predicted octanol–water partition coefficient (Wildman–Crippen LogP) is 5.15. The maximum absolute atomic E-state index is 6.46. The maximum atomic E-state index is 6.46. The Hall–Kier alpha value is -0.0100. The minimum atomic E-state index is 0.198. The molecule has 0 heterocycles. The molecule has 0 aliphatic heterocycles. The van der Waals surface area contributed by atoms with Crippen molar-refractivity contribution in [3.63, 3.8) is 0 Å². The van der Waals surface area contributed by atoms with Crippen molar-refractivity contribution in [2.24, 2.45) is 5.92 Å². The number of alkyl halides is 1. The van der Waals surface area contributed by atoms with Crippen LogP contribution in [0.5, 0.6) is 0 Å². The van der Waals surface area contributed by atoms with E-state index in [0.29, 0.717) is 0 Å². The van der Waals surface area contributed by atoms with Crippen LogP contribution < -0.4 is 0 Å². The minimum Gasteiger partial charge on any atom is -0.118 e. The zero-order valence-corrected chi connectivity index (χ0v) is 11.5. The van der Waals surface area contributed by atoms with E-state index < -0.39 is 0 Å². The van der Waals surface area contributed by atoms with Gasteiger partial charge in [-0.25, -0.2) is 0 Å². The molecule has 2 heteroatoms. The molecule has 1 aliphatic rings. The Bertz CT molecular complexity index is 369. The van der Waals surface area contributed by atoms with E-state index in [-0.39, 0.29) is 5.38 Å². The van der Waals surface area contributed by atoms with E-state index in [9.17, 15) is 0 Å². The van der Waals surface area contributed by atoms with E-state index in [0.717, 1.165) is 12.3 Å². The lowest BCUT2D eigenvalue weighted by Crippen LogP contribution is -1.97. The summed E-state index contributed by atoms with van der Waals surface area (Å²) in [4.78, 5) is 0. The van der Waals surface area contributed by atoms with Crippen LogP contribution in [0.4, 0.5) is 0 Å². The summed E-state index contributed by atoms with van der Waals surface area (Å²) in [6.07, 6.45) is 3.89. The largest absolute Gasteiger partial charge is 0.118 e. The summed E-state index contributed by atoms with van der Waals surface area (Å²) in [7, 11) is 0. The van der Waals surface area contributed by atoms with Crippen LogP contribution in [0.1, 0.15) is 41.3 Å². The van der Waals surface area contributed by atoms with Gasteiger partial charge in [-0.2, -0.15) is 0 Å². The van der Waals surface area contributed by atoms with E-state index in [1.54, 1.807) is 0 Å². The highest BCUT2D eigenvalue weighted by Gasteiger charge is 2.26. The molecule has 1 aliphatic carbocycles. The van der Waals surface area contributed by atoms with Gasteiger partial charge in [0.1, 0.15) is 0 Å². The average molecular weight is 288 g/mol. The smallest absolute Gasteiger partial charge is 0.0590 e. The maximum Gasteiger partial charge on any atom is 0.0590 e. The first kappa shape index (κ1) is 11.5. The molecule has 0 bridgehead atoms. The van der Waals surface area contributed by atoms with Gasteiger partial charge in [0.25, 0.3) is 0 Å². The molecule has 0 aromatic heterocycles. The fourth-order valence-corrected chi connectivity index (χ4v) is 2.86. The molecule has 0 radical (unpaired) electrons. The quantitative estimate of drug-likeness (QED) is 0.675. The standard InChI is InChI=1S/C13H16BrCl/c1-8-6-12(14)9(2)5-11(8)13(15)7-10-3-4-10/h5-6,10,13H,3-4,7H2,1-2H3. The van der Waals surface area contributed by atoms with Gasteiger partial charge in [-0.1, -0.05) is 34.8 Å². The Labute approximate surface area is 105 Å². The van der Waals surface area contributed by atoms with Crippen molar-refractivity contribution < 1.29 is 0 Å². The number of hydrogen-bond donors (Lipinski definition) is 0. The predicted molar refractivity (Wildman–Crippen MR) is 69.6 cm³/mol. The molecule has 1 unspecified atom stereocenters. The Balaban J connectivity index is 2.21. The molecule has 0 nitrogen and oxygen atoms in total. The number of rotatable bonds is 3. The molecule has 82 valence electrons. The second-order valence-electron chi connectivity index (χ2n) is 4.60. The second kappa shape index (κ2) is 4.47. The first-order valence-electron chi connectivity index (χ1n) is 5.48. The van der Waals surface area contributed by atoms with Crippen LogP contribution >= 0.6 is 27.5 Å². The molecular weight excluding hydrogens is 272 g/mol. The summed E-state index contributed by atoms with van der Waals surface area (Å²) >= 11 is 10.0. The number of benzene rings is 1. The van der Waals surface area contributed by atoms with Gasteiger partial charge >= 0.3 is 0 Å². The number of aryl methyl sites for hydroxylation is 2. The lowest BCUT2D eigenvalue weighted by molar-refractivity contribution is 0.703. The van der Waals surface area contributed by atoms with Gasteiger partial charge in [-0.05, 0) is 48.9 Å². The van der Waals surface area contributed by atoms with Gasteiger partial charge in [-0.15, -0.1) is 11.6 Å². The molecule has 1 fully saturated rings. The molecule has 1 atom stereocenters. The van der Waals surface area contributed by atoms with Gasteiger partial charge in [0, 0.05) is 4.47 Å². The summed E-state index contributed by atoms with van der Waals surface area (Å²) in [6, 6.07) is 4.40. The highest BCUT2D eigenvalue weighted by Crippen LogP contribution is 2.41. The van der Waals surface area contributed by atoms with Crippen molar-refractivity contribution in [1.82, 2.24) is 0 Å². The molecule has 1 aromatic rings. The van der Waals surface area contributed by atoms with Crippen molar-refractivity contribution in [1.29, 1.82) is 0 Å². The van der Waals surface area contributed by atoms with Crippen LogP contribution in [0.2, 0.25) is 0 Å². The van der Waals surface area contributed by atoms with Crippen LogP contribution in [0.25, 0.3) is 0 Å². The normalized spacial score (nSPS) is 17.9. The van der Waals surface area contributed by atoms with Gasteiger partial charge in [0.2, 0.25) is 0 Å². The first-order chi connectivity index (χ1) is 7.08. The van der Waals surface area contributed by atoms with Crippen molar-refractivity contribution in [2.75, 3.05) is 0 Å². The lowest BCUT2D eigenvalue weighted by Gasteiger charge is -2.14. The van der Waals surface area contributed by atoms with Gasteiger partial charge in [0.05, 0.1) is 5.38 Å². The molecule has 0 amide bonds. The highest BCUT2D eigenvalue weighted by atomic mass is 79.9. The van der Waals surface area contributed by atoms with Crippen molar-refractivity contribution in [2.45, 2.75) is 38.5 Å². The average Bonchev–Trinajstić information content (AvgIpc) is 2.95. The van der Waals surface area contributed by atoms with E-state index in [1.165, 1.54) is 34.0 Å². The van der Waals surface area contributed by atoms with E-state index >= 15 is 0 Å². The van der Waals surface area contributed by atoms with Crippen LogP contribution in [-0.2, 0) is 0 Å². The lowest BCUT2D eigenvalue weighted by atomic mass is 9.99. The second-order valence-corrected chi connectivity index (χ2v) is 5.99. The highest BCUT2D eigenvalue weighted by molar-refractivity contribution is 9.10. The Morgan fingerprint density at radius 1 is 1.33 bits per heavy atom. The van der Waals surface area contributed by atoms with Crippen molar-refractivity contribution in [3.8, 4) is 0 Å². The van der Waals surface area contributed by atoms with Crippen molar-refractivity contribution >= 4 is 27.5 Å². The van der Waals surface area contributed by atoms with E-state index in [1.807, 2.05) is 0 Å². The van der Waals surface area contributed by atoms with Crippen LogP contribution in [0.15, 0.2) is 16.6 Å². The molecular formula is C13H16BrCl. The van der Waals surface area contributed by atoms with Gasteiger partial charge < -0.3 is 0 Å². The topological polar surface area (TPSA) is 0 Å². The Morgan fingerprint density at radius 2 is 2.00 bits per heavy atom. The molecule has 0 saturated heterocycles. The number of halogens is 2. The van der Waals surface area contributed by atoms with Crippen LogP contribution in [0.3, 0.4) is 0 Å². The third-order valence-corrected chi connectivity index (χ3v) is 4.39. The van der Waals surface area contributed by atoms with E-state index in [4.69, 9.17) is 11.6 Å². The minimum absolute atomic E-state index is 0.198. The molecule has 1 saturated carbocycles. The molecule has 0 N–H and O–H groups in total.